The van der Waals surface area contributed by atoms with Gasteiger partial charge in [0, 0.05) is 23.5 Å². The SMILES string of the molecule is C#CC(Cc1ccc(-c2ncc(-c3ccc(OCCCCCCCCCCCC)cc3)cn2)cc1)C(=O)O. The van der Waals surface area contributed by atoms with Crippen LogP contribution in [0.2, 0.25) is 0 Å². The zero-order valence-electron chi connectivity index (χ0n) is 22.6. The molecular formula is C33H40N2O3. The standard InChI is InChI=1S/C33H40N2O3/c1-3-5-6-7-8-9-10-11-12-13-22-38-31-20-18-28(19-21-31)30-24-34-32(35-25-30)29-16-14-26(15-17-29)23-27(4-2)33(36)37/h2,14-21,24-25,27H,3,5-13,22-23H2,1H3,(H,36,37). The Morgan fingerprint density at radius 1 is 0.816 bits per heavy atom. The summed E-state index contributed by atoms with van der Waals surface area (Å²) in [7, 11) is 0. The van der Waals surface area contributed by atoms with Gasteiger partial charge in [0.25, 0.3) is 0 Å². The minimum Gasteiger partial charge on any atom is -0.494 e. The summed E-state index contributed by atoms with van der Waals surface area (Å²) in [6.45, 7) is 3.02. The van der Waals surface area contributed by atoms with Crippen LogP contribution in [0.25, 0.3) is 22.5 Å². The van der Waals surface area contributed by atoms with Crippen molar-refractivity contribution in [2.45, 2.75) is 77.6 Å². The number of rotatable bonds is 17. The van der Waals surface area contributed by atoms with Crippen LogP contribution in [0.5, 0.6) is 5.75 Å². The summed E-state index contributed by atoms with van der Waals surface area (Å²) in [6.07, 6.45) is 22.4. The van der Waals surface area contributed by atoms with Crippen LogP contribution < -0.4 is 4.74 Å². The second kappa shape index (κ2) is 16.2. The van der Waals surface area contributed by atoms with Crippen molar-refractivity contribution in [3.8, 4) is 40.6 Å². The van der Waals surface area contributed by atoms with Gasteiger partial charge in [0.2, 0.25) is 0 Å². The number of aromatic nitrogens is 2. The maximum absolute atomic E-state index is 11.2. The maximum atomic E-state index is 11.2. The summed E-state index contributed by atoms with van der Waals surface area (Å²) < 4.78 is 5.92. The molecule has 0 radical (unpaired) electrons. The summed E-state index contributed by atoms with van der Waals surface area (Å²) >= 11 is 0. The Kier molecular flexibility index (Phi) is 12.4. The van der Waals surface area contributed by atoms with E-state index in [9.17, 15) is 4.79 Å². The number of ether oxygens (including phenoxy) is 1. The Morgan fingerprint density at radius 2 is 1.37 bits per heavy atom. The molecule has 3 rings (SSSR count). The molecule has 5 heteroatoms. The summed E-state index contributed by atoms with van der Waals surface area (Å²) in [4.78, 5) is 20.2. The fraction of sp³-hybridized carbons (Fsp3) is 0.424. The molecule has 1 atom stereocenters. The van der Waals surface area contributed by atoms with E-state index in [0.717, 1.165) is 41.0 Å². The third-order valence-electron chi connectivity index (χ3n) is 6.76. The largest absolute Gasteiger partial charge is 0.494 e. The third kappa shape index (κ3) is 9.67. The van der Waals surface area contributed by atoms with Crippen LogP contribution >= 0.6 is 0 Å². The molecule has 0 spiro atoms. The molecule has 0 aliphatic heterocycles. The van der Waals surface area contributed by atoms with E-state index in [4.69, 9.17) is 16.3 Å². The number of aliphatic carboxylic acids is 1. The Morgan fingerprint density at radius 3 is 1.92 bits per heavy atom. The maximum Gasteiger partial charge on any atom is 0.319 e. The molecule has 5 nitrogen and oxygen atoms in total. The molecule has 1 unspecified atom stereocenters. The second-order valence-corrected chi connectivity index (χ2v) is 9.81. The normalized spacial score (nSPS) is 11.6. The summed E-state index contributed by atoms with van der Waals surface area (Å²) in [5.74, 6) is 2.01. The van der Waals surface area contributed by atoms with Crippen molar-refractivity contribution in [1.29, 1.82) is 0 Å². The average Bonchev–Trinajstić information content (AvgIpc) is 2.95. The van der Waals surface area contributed by atoms with E-state index in [1.165, 1.54) is 57.8 Å². The van der Waals surface area contributed by atoms with Gasteiger partial charge in [-0.3, -0.25) is 4.79 Å². The molecule has 0 fully saturated rings. The van der Waals surface area contributed by atoms with Gasteiger partial charge in [-0.15, -0.1) is 6.42 Å². The highest BCUT2D eigenvalue weighted by Crippen LogP contribution is 2.24. The molecule has 1 N–H and O–H groups in total. The Bertz CT molecular complexity index is 1130. The van der Waals surface area contributed by atoms with Gasteiger partial charge in [-0.05, 0) is 36.1 Å². The molecule has 3 aromatic rings. The van der Waals surface area contributed by atoms with Crippen molar-refractivity contribution in [1.82, 2.24) is 9.97 Å². The lowest BCUT2D eigenvalue weighted by Gasteiger charge is -2.08. The van der Waals surface area contributed by atoms with Gasteiger partial charge in [-0.25, -0.2) is 9.97 Å². The number of carboxylic acids is 1. The van der Waals surface area contributed by atoms with E-state index in [1.807, 2.05) is 60.9 Å². The van der Waals surface area contributed by atoms with Crippen molar-refractivity contribution >= 4 is 5.97 Å². The number of terminal acetylenes is 1. The van der Waals surface area contributed by atoms with E-state index in [-0.39, 0.29) is 0 Å². The quantitative estimate of drug-likeness (QED) is 0.147. The number of carboxylic acid groups (broad SMARTS) is 1. The van der Waals surface area contributed by atoms with Crippen LogP contribution in [0.3, 0.4) is 0 Å². The lowest BCUT2D eigenvalue weighted by atomic mass is 9.99. The minimum absolute atomic E-state index is 0.297. The number of unbranched alkanes of at least 4 members (excludes halogenated alkanes) is 9. The molecule has 1 heterocycles. The first-order chi connectivity index (χ1) is 18.6. The molecule has 2 aromatic carbocycles. The van der Waals surface area contributed by atoms with Crippen LogP contribution in [0.1, 0.15) is 76.7 Å². The van der Waals surface area contributed by atoms with Gasteiger partial charge in [0.05, 0.1) is 6.61 Å². The van der Waals surface area contributed by atoms with Crippen molar-refractivity contribution in [2.24, 2.45) is 5.92 Å². The van der Waals surface area contributed by atoms with Crippen LogP contribution in [-0.2, 0) is 11.2 Å². The molecule has 0 bridgehead atoms. The topological polar surface area (TPSA) is 72.3 Å². The predicted molar refractivity (Wildman–Crippen MR) is 154 cm³/mol. The molecule has 0 aliphatic carbocycles. The molecular weight excluding hydrogens is 472 g/mol. The highest BCUT2D eigenvalue weighted by Gasteiger charge is 2.14. The van der Waals surface area contributed by atoms with Gasteiger partial charge in [-0.1, -0.05) is 107 Å². The first kappa shape index (κ1) is 28.9. The summed E-state index contributed by atoms with van der Waals surface area (Å²) in [6, 6.07) is 15.6. The molecule has 0 amide bonds. The Balaban J connectivity index is 1.40. The highest BCUT2D eigenvalue weighted by molar-refractivity contribution is 5.74. The van der Waals surface area contributed by atoms with E-state index >= 15 is 0 Å². The summed E-state index contributed by atoms with van der Waals surface area (Å²) in [5, 5.41) is 9.14. The smallest absolute Gasteiger partial charge is 0.319 e. The van der Waals surface area contributed by atoms with Crippen molar-refractivity contribution < 1.29 is 14.6 Å². The number of carbonyl (C=O) groups is 1. The number of benzene rings is 2. The van der Waals surface area contributed by atoms with Gasteiger partial charge < -0.3 is 9.84 Å². The Hall–Kier alpha value is -3.65. The molecule has 38 heavy (non-hydrogen) atoms. The monoisotopic (exact) mass is 512 g/mol. The van der Waals surface area contributed by atoms with Gasteiger partial charge in [-0.2, -0.15) is 0 Å². The lowest BCUT2D eigenvalue weighted by Crippen LogP contribution is -2.14. The van der Waals surface area contributed by atoms with Crippen molar-refractivity contribution in [3.05, 3.63) is 66.5 Å². The molecule has 0 saturated heterocycles. The lowest BCUT2D eigenvalue weighted by molar-refractivity contribution is -0.139. The van der Waals surface area contributed by atoms with Crippen LogP contribution in [0.4, 0.5) is 0 Å². The number of hydrogen-bond acceptors (Lipinski definition) is 4. The zero-order valence-corrected chi connectivity index (χ0v) is 22.6. The first-order valence-electron chi connectivity index (χ1n) is 13.9. The second-order valence-electron chi connectivity index (χ2n) is 9.81. The van der Waals surface area contributed by atoms with Gasteiger partial charge in [0.15, 0.2) is 5.82 Å². The van der Waals surface area contributed by atoms with E-state index < -0.39 is 11.9 Å². The first-order valence-corrected chi connectivity index (χ1v) is 13.9. The van der Waals surface area contributed by atoms with E-state index in [2.05, 4.69) is 22.8 Å². The fourth-order valence-corrected chi connectivity index (χ4v) is 4.39. The van der Waals surface area contributed by atoms with Gasteiger partial charge in [0.1, 0.15) is 11.7 Å². The van der Waals surface area contributed by atoms with Crippen LogP contribution in [0.15, 0.2) is 60.9 Å². The molecule has 0 aliphatic rings. The molecule has 0 saturated carbocycles. The number of hydrogen-bond donors (Lipinski definition) is 1. The predicted octanol–water partition coefficient (Wildman–Crippen LogP) is 7.99. The fourth-order valence-electron chi connectivity index (χ4n) is 4.39. The van der Waals surface area contributed by atoms with Crippen LogP contribution in [0, 0.1) is 18.3 Å². The van der Waals surface area contributed by atoms with E-state index in [1.54, 1.807) is 0 Å². The zero-order chi connectivity index (χ0) is 27.0. The average molecular weight is 513 g/mol. The van der Waals surface area contributed by atoms with Crippen molar-refractivity contribution in [2.75, 3.05) is 6.61 Å². The van der Waals surface area contributed by atoms with Crippen LogP contribution in [-0.4, -0.2) is 27.7 Å². The molecule has 200 valence electrons. The Labute approximate surface area is 227 Å². The third-order valence-corrected chi connectivity index (χ3v) is 6.76. The van der Waals surface area contributed by atoms with E-state index in [0.29, 0.717) is 12.2 Å². The highest BCUT2D eigenvalue weighted by atomic mass is 16.5. The summed E-state index contributed by atoms with van der Waals surface area (Å²) in [5.41, 5.74) is 3.70. The molecule has 1 aromatic heterocycles. The number of nitrogens with zero attached hydrogens (tertiary/aromatic N) is 2. The van der Waals surface area contributed by atoms with Crippen molar-refractivity contribution in [3.63, 3.8) is 0 Å². The van der Waals surface area contributed by atoms with Gasteiger partial charge >= 0.3 is 5.97 Å². The minimum atomic E-state index is -0.982.